The molecule has 0 saturated carbocycles. The van der Waals surface area contributed by atoms with Gasteiger partial charge in [-0.3, -0.25) is 9.36 Å². The maximum Gasteiger partial charge on any atom is 0.419 e. The molecular weight excluding hydrogens is 550 g/mol. The van der Waals surface area contributed by atoms with Crippen LogP contribution >= 0.6 is 0 Å². The van der Waals surface area contributed by atoms with E-state index in [2.05, 4.69) is 25.1 Å². The number of carbonyl (C=O) groups excluding carboxylic acids is 2. The minimum Gasteiger partial charge on any atom is -0.477 e. The van der Waals surface area contributed by atoms with E-state index in [0.29, 0.717) is 22.2 Å². The number of amides is 1. The summed E-state index contributed by atoms with van der Waals surface area (Å²) < 4.78 is 11.8. The van der Waals surface area contributed by atoms with Crippen molar-refractivity contribution in [2.75, 3.05) is 7.11 Å². The van der Waals surface area contributed by atoms with Crippen LogP contribution in [0.15, 0.2) is 62.5 Å². The van der Waals surface area contributed by atoms with Gasteiger partial charge in [0.25, 0.3) is 11.7 Å². The van der Waals surface area contributed by atoms with Gasteiger partial charge in [-0.15, -0.1) is 0 Å². The van der Waals surface area contributed by atoms with Crippen LogP contribution in [-0.4, -0.2) is 54.2 Å². The quantitative estimate of drug-likeness (QED) is 0.212. The SMILES string of the molecule is C.COC(=O)c1ccc([C@@H](C)N)cc1.Cn1c(=O)oc2ccc(CNC(=O)c3cc(C(=O)O)n4[nH]c(=O)nc4n3)cc21. The van der Waals surface area contributed by atoms with Gasteiger partial charge in [-0.25, -0.2) is 33.8 Å². The van der Waals surface area contributed by atoms with E-state index in [-0.39, 0.29) is 43.1 Å². The number of aromatic amines is 1. The minimum absolute atomic E-state index is 0. The molecule has 0 bridgehead atoms. The van der Waals surface area contributed by atoms with E-state index in [4.69, 9.17) is 10.2 Å². The van der Waals surface area contributed by atoms with E-state index in [1.165, 1.54) is 11.7 Å². The number of esters is 1. The number of oxazole rings is 1. The number of carboxylic acids is 1. The molecule has 0 radical (unpaired) electrons. The number of nitrogens with zero attached hydrogens (tertiary/aromatic N) is 4. The van der Waals surface area contributed by atoms with Gasteiger partial charge in [0.15, 0.2) is 11.3 Å². The first-order chi connectivity index (χ1) is 19.5. The standard InChI is InChI=1S/C16H12N6O6.C10H13NO2.CH4/c1-21-9-4-7(2-3-11(9)28-16(21)27)6-17-12(23)8-5-10(13(24)25)22-14(18-8)19-15(26)20-22;1-7(11)8-3-5-9(6-4-8)10(12)13-2;/h2-5H,6H2,1H3,(H,17,23)(H,20,26)(H,24,25);3-7H,11H2,1-2H3;1H4/t;7-;/m.1./s1. The van der Waals surface area contributed by atoms with E-state index in [1.807, 2.05) is 19.1 Å². The molecule has 5 aromatic rings. The summed E-state index contributed by atoms with van der Waals surface area (Å²) in [4.78, 5) is 65.1. The summed E-state index contributed by atoms with van der Waals surface area (Å²) in [5.41, 5.74) is 7.54. The molecule has 3 aromatic heterocycles. The fraction of sp³-hybridized carbons (Fsp3) is 0.222. The van der Waals surface area contributed by atoms with Crippen molar-refractivity contribution >= 4 is 34.7 Å². The average molecular weight is 580 g/mol. The molecule has 0 unspecified atom stereocenters. The highest BCUT2D eigenvalue weighted by molar-refractivity contribution is 5.95. The van der Waals surface area contributed by atoms with Gasteiger partial charge in [-0.05, 0) is 42.3 Å². The summed E-state index contributed by atoms with van der Waals surface area (Å²) >= 11 is 0. The maximum absolute atomic E-state index is 12.4. The summed E-state index contributed by atoms with van der Waals surface area (Å²) in [5, 5.41) is 14.1. The van der Waals surface area contributed by atoms with Crippen LogP contribution in [0.5, 0.6) is 0 Å². The fourth-order valence-electron chi connectivity index (χ4n) is 3.76. The van der Waals surface area contributed by atoms with Crippen LogP contribution in [0.4, 0.5) is 0 Å². The summed E-state index contributed by atoms with van der Waals surface area (Å²) in [7, 11) is 2.93. The number of carbonyl (C=O) groups is 3. The van der Waals surface area contributed by atoms with Gasteiger partial charge in [0, 0.05) is 25.7 Å². The molecule has 1 amide bonds. The Hall–Kier alpha value is -5.57. The number of hydrogen-bond acceptors (Lipinski definition) is 10. The summed E-state index contributed by atoms with van der Waals surface area (Å²) in [6.45, 7) is 1.99. The number of fused-ring (bicyclic) bond motifs is 2. The van der Waals surface area contributed by atoms with E-state index in [0.717, 1.165) is 16.1 Å². The van der Waals surface area contributed by atoms with E-state index >= 15 is 0 Å². The molecule has 15 heteroatoms. The highest BCUT2D eigenvalue weighted by atomic mass is 16.5. The molecule has 3 heterocycles. The predicted molar refractivity (Wildman–Crippen MR) is 150 cm³/mol. The molecule has 220 valence electrons. The van der Waals surface area contributed by atoms with E-state index in [9.17, 15) is 29.1 Å². The molecular formula is C27H29N7O8. The number of benzene rings is 2. The summed E-state index contributed by atoms with van der Waals surface area (Å²) in [5.74, 6) is -3.06. The molecule has 0 spiro atoms. The van der Waals surface area contributed by atoms with E-state index in [1.54, 1.807) is 37.4 Å². The zero-order valence-corrected chi connectivity index (χ0v) is 22.1. The molecule has 0 aliphatic rings. The Kier molecular flexibility index (Phi) is 9.39. The number of rotatable bonds is 6. The topological polar surface area (TPSA) is 217 Å². The zero-order chi connectivity index (χ0) is 29.8. The third kappa shape index (κ3) is 6.59. The van der Waals surface area contributed by atoms with Crippen LogP contribution in [0.2, 0.25) is 0 Å². The lowest BCUT2D eigenvalue weighted by Crippen LogP contribution is -2.25. The second kappa shape index (κ2) is 12.7. The molecule has 0 fully saturated rings. The predicted octanol–water partition coefficient (Wildman–Crippen LogP) is 1.62. The number of carboxylic acid groups (broad SMARTS) is 1. The molecule has 1 atom stereocenters. The van der Waals surface area contributed by atoms with Crippen molar-refractivity contribution in [2.24, 2.45) is 12.8 Å². The summed E-state index contributed by atoms with van der Waals surface area (Å²) in [6, 6.07) is 13.1. The first-order valence-corrected chi connectivity index (χ1v) is 12.0. The molecule has 5 rings (SSSR count). The van der Waals surface area contributed by atoms with Gasteiger partial charge in [-0.1, -0.05) is 25.6 Å². The molecule has 5 N–H and O–H groups in total. The minimum atomic E-state index is -1.36. The Morgan fingerprint density at radius 2 is 1.81 bits per heavy atom. The Morgan fingerprint density at radius 3 is 2.43 bits per heavy atom. The number of aromatic nitrogens is 5. The largest absolute Gasteiger partial charge is 0.477 e. The van der Waals surface area contributed by atoms with Crippen LogP contribution < -0.4 is 22.5 Å². The van der Waals surface area contributed by atoms with Gasteiger partial charge in [0.2, 0.25) is 0 Å². The Bertz CT molecular complexity index is 1880. The van der Waals surface area contributed by atoms with Crippen LogP contribution in [0.3, 0.4) is 0 Å². The van der Waals surface area contributed by atoms with Gasteiger partial charge in [0.05, 0.1) is 18.2 Å². The number of nitrogens with two attached hydrogens (primary N) is 1. The number of nitrogens with one attached hydrogen (secondary N) is 2. The maximum atomic E-state index is 12.4. The van der Waals surface area contributed by atoms with Crippen LogP contribution in [0.25, 0.3) is 16.9 Å². The second-order valence-electron chi connectivity index (χ2n) is 8.81. The van der Waals surface area contributed by atoms with Crippen molar-refractivity contribution in [3.8, 4) is 0 Å². The highest BCUT2D eigenvalue weighted by Crippen LogP contribution is 2.15. The lowest BCUT2D eigenvalue weighted by Gasteiger charge is -2.07. The average Bonchev–Trinajstić information content (AvgIpc) is 3.48. The normalized spacial score (nSPS) is 11.2. The Morgan fingerprint density at radius 1 is 1.12 bits per heavy atom. The van der Waals surface area contributed by atoms with Crippen molar-refractivity contribution in [3.63, 3.8) is 0 Å². The van der Waals surface area contributed by atoms with E-state index < -0.39 is 23.3 Å². The van der Waals surface area contributed by atoms with Crippen molar-refractivity contribution in [1.29, 1.82) is 0 Å². The lowest BCUT2D eigenvalue weighted by molar-refractivity contribution is 0.0599. The lowest BCUT2D eigenvalue weighted by atomic mass is 10.1. The second-order valence-corrected chi connectivity index (χ2v) is 8.81. The smallest absolute Gasteiger partial charge is 0.419 e. The first kappa shape index (κ1) is 31.0. The van der Waals surface area contributed by atoms with Crippen molar-refractivity contribution < 1.29 is 28.6 Å². The monoisotopic (exact) mass is 579 g/mol. The van der Waals surface area contributed by atoms with Crippen LogP contribution in [0, 0.1) is 0 Å². The number of methoxy groups -OCH3 is 1. The molecule has 0 aliphatic carbocycles. The van der Waals surface area contributed by atoms with Crippen molar-refractivity contribution in [3.05, 3.63) is 97.6 Å². The Labute approximate surface area is 237 Å². The third-order valence-electron chi connectivity index (χ3n) is 5.96. The van der Waals surface area contributed by atoms with Crippen molar-refractivity contribution in [1.82, 2.24) is 29.5 Å². The van der Waals surface area contributed by atoms with Crippen LogP contribution in [0.1, 0.15) is 62.9 Å². The Balaban J connectivity index is 0.000000293. The summed E-state index contributed by atoms with van der Waals surface area (Å²) in [6.07, 6.45) is 0. The highest BCUT2D eigenvalue weighted by Gasteiger charge is 2.18. The first-order valence-electron chi connectivity index (χ1n) is 12.0. The molecule has 2 aromatic carbocycles. The number of H-pyrrole nitrogens is 1. The zero-order valence-electron chi connectivity index (χ0n) is 22.1. The van der Waals surface area contributed by atoms with Gasteiger partial charge in [0.1, 0.15) is 5.69 Å². The number of ether oxygens (including phenoxy) is 1. The van der Waals surface area contributed by atoms with Gasteiger partial charge in [-0.2, -0.15) is 4.98 Å². The fourth-order valence-corrected chi connectivity index (χ4v) is 3.76. The van der Waals surface area contributed by atoms with Gasteiger partial charge >= 0.3 is 23.4 Å². The van der Waals surface area contributed by atoms with Gasteiger partial charge < -0.3 is 25.3 Å². The number of aromatic carboxylic acids is 1. The number of hydrogen-bond donors (Lipinski definition) is 4. The number of aryl methyl sites for hydroxylation is 1. The molecule has 15 nitrogen and oxygen atoms in total. The molecule has 42 heavy (non-hydrogen) atoms. The van der Waals surface area contributed by atoms with Crippen molar-refractivity contribution in [2.45, 2.75) is 26.9 Å². The molecule has 0 saturated heterocycles. The molecule has 0 aliphatic heterocycles. The van der Waals surface area contributed by atoms with Crippen LogP contribution in [-0.2, 0) is 18.3 Å². The third-order valence-corrected chi connectivity index (χ3v) is 5.96.